The number of carbonyl (C=O) groups excluding carboxylic acids is 2. The molecular weight excluding hydrogens is 272 g/mol. The Morgan fingerprint density at radius 2 is 1.95 bits per heavy atom. The summed E-state index contributed by atoms with van der Waals surface area (Å²) in [6, 6.07) is 0. The molecule has 0 radical (unpaired) electrons. The van der Waals surface area contributed by atoms with E-state index in [1.54, 1.807) is 6.08 Å². The molecule has 1 rings (SSSR count). The monoisotopic (exact) mass is 302 g/mol. The van der Waals surface area contributed by atoms with Crippen molar-refractivity contribution < 1.29 is 9.59 Å². The van der Waals surface area contributed by atoms with Crippen LogP contribution in [0.1, 0.15) is 66.7 Å². The van der Waals surface area contributed by atoms with Crippen LogP contribution in [0, 0.1) is 11.3 Å². The van der Waals surface area contributed by atoms with Crippen molar-refractivity contribution in [2.45, 2.75) is 66.7 Å². The van der Waals surface area contributed by atoms with Crippen LogP contribution in [-0.2, 0) is 9.59 Å². The zero-order chi connectivity index (χ0) is 16.8. The first-order valence-corrected chi connectivity index (χ1v) is 8.28. The molecule has 122 valence electrons. The predicted molar refractivity (Wildman–Crippen MR) is 92.7 cm³/mol. The van der Waals surface area contributed by atoms with Crippen LogP contribution in [0.3, 0.4) is 0 Å². The van der Waals surface area contributed by atoms with Crippen LogP contribution >= 0.6 is 0 Å². The Labute approximate surface area is 135 Å². The molecule has 0 fully saturated rings. The first-order valence-electron chi connectivity index (χ1n) is 8.28. The van der Waals surface area contributed by atoms with E-state index in [0.29, 0.717) is 18.6 Å². The van der Waals surface area contributed by atoms with Gasteiger partial charge in [0.15, 0.2) is 5.78 Å². The zero-order valence-corrected chi connectivity index (χ0v) is 14.7. The molecule has 0 N–H and O–H groups in total. The molecule has 1 atom stereocenters. The van der Waals surface area contributed by atoms with Crippen LogP contribution in [0.5, 0.6) is 0 Å². The van der Waals surface area contributed by atoms with Crippen molar-refractivity contribution in [3.63, 3.8) is 0 Å². The third kappa shape index (κ3) is 6.55. The average molecular weight is 302 g/mol. The quantitative estimate of drug-likeness (QED) is 0.669. The number of rotatable bonds is 4. The van der Waals surface area contributed by atoms with Gasteiger partial charge in [0.05, 0.1) is 0 Å². The van der Waals surface area contributed by atoms with E-state index >= 15 is 0 Å². The summed E-state index contributed by atoms with van der Waals surface area (Å²) in [4.78, 5) is 23.8. The third-order valence-electron chi connectivity index (χ3n) is 4.32. The summed E-state index contributed by atoms with van der Waals surface area (Å²) in [7, 11) is 0. The smallest absolute Gasteiger partial charge is 0.159 e. The molecule has 0 aromatic heterocycles. The molecule has 1 aliphatic rings. The summed E-state index contributed by atoms with van der Waals surface area (Å²) < 4.78 is 0. The van der Waals surface area contributed by atoms with E-state index in [9.17, 15) is 9.59 Å². The maximum atomic E-state index is 11.9. The first-order chi connectivity index (χ1) is 10.2. The van der Waals surface area contributed by atoms with Gasteiger partial charge in [-0.2, -0.15) is 0 Å². The normalized spacial score (nSPS) is 30.0. The fraction of sp³-hybridized carbons (Fsp3) is 0.600. The summed E-state index contributed by atoms with van der Waals surface area (Å²) in [5.41, 5.74) is 2.20. The van der Waals surface area contributed by atoms with Crippen LogP contribution in [0.2, 0.25) is 0 Å². The summed E-state index contributed by atoms with van der Waals surface area (Å²) in [6.45, 7) is 10.1. The van der Waals surface area contributed by atoms with Crippen LogP contribution in [-0.4, -0.2) is 11.6 Å². The van der Waals surface area contributed by atoms with Crippen molar-refractivity contribution in [3.8, 4) is 0 Å². The summed E-state index contributed by atoms with van der Waals surface area (Å²) in [5.74, 6) is 0.615. The van der Waals surface area contributed by atoms with Crippen molar-refractivity contribution in [3.05, 3.63) is 35.5 Å². The number of Topliss-reactive ketones (excluding diaryl/α,β-unsaturated/α-hetero) is 1. The lowest BCUT2D eigenvalue weighted by atomic mass is 9.79. The van der Waals surface area contributed by atoms with Crippen LogP contribution in [0.15, 0.2) is 35.5 Å². The Bertz CT molecular complexity index is 506. The van der Waals surface area contributed by atoms with E-state index in [2.05, 4.69) is 25.2 Å². The van der Waals surface area contributed by atoms with Crippen LogP contribution in [0.25, 0.3) is 0 Å². The van der Waals surface area contributed by atoms with Gasteiger partial charge in [0, 0.05) is 18.8 Å². The molecule has 0 spiro atoms. The van der Waals surface area contributed by atoms with E-state index in [1.165, 1.54) is 0 Å². The van der Waals surface area contributed by atoms with Gasteiger partial charge in [-0.25, -0.2) is 0 Å². The minimum absolute atomic E-state index is 0.0144. The Hall–Kier alpha value is -1.44. The zero-order valence-electron chi connectivity index (χ0n) is 14.7. The highest BCUT2D eigenvalue weighted by Crippen LogP contribution is 2.32. The molecule has 0 aliphatic heterocycles. The van der Waals surface area contributed by atoms with E-state index in [0.717, 1.165) is 30.4 Å². The second-order valence-electron chi connectivity index (χ2n) is 7.27. The highest BCUT2D eigenvalue weighted by Gasteiger charge is 2.22. The van der Waals surface area contributed by atoms with Gasteiger partial charge < -0.3 is 0 Å². The molecule has 2 heteroatoms. The van der Waals surface area contributed by atoms with Gasteiger partial charge in [-0.3, -0.25) is 9.59 Å². The molecule has 0 saturated carbocycles. The SMILES string of the molecule is C/C1=C\C(=O)C/C(C)=C/C[C@@](C)(CCC(=O)C(C)C)/C=C/C1. The maximum absolute atomic E-state index is 11.9. The van der Waals surface area contributed by atoms with Crippen LogP contribution < -0.4 is 0 Å². The topological polar surface area (TPSA) is 34.1 Å². The summed E-state index contributed by atoms with van der Waals surface area (Å²) in [6.07, 6.45) is 12.0. The second kappa shape index (κ2) is 8.26. The predicted octanol–water partition coefficient (Wildman–Crippen LogP) is 5.20. The molecule has 0 saturated heterocycles. The minimum Gasteiger partial charge on any atom is -0.299 e. The molecule has 0 aromatic carbocycles. The Balaban J connectivity index is 2.90. The van der Waals surface area contributed by atoms with Crippen molar-refractivity contribution in [1.29, 1.82) is 0 Å². The molecule has 0 amide bonds. The Kier molecular flexibility index (Phi) is 6.99. The number of ketones is 2. The number of allylic oxidation sites excluding steroid dienone is 6. The lowest BCUT2D eigenvalue weighted by Gasteiger charge is -2.25. The van der Waals surface area contributed by atoms with Crippen molar-refractivity contribution in [1.82, 2.24) is 0 Å². The minimum atomic E-state index is -0.0144. The largest absolute Gasteiger partial charge is 0.299 e. The van der Waals surface area contributed by atoms with Crippen molar-refractivity contribution in [2.75, 3.05) is 0 Å². The van der Waals surface area contributed by atoms with E-state index < -0.39 is 0 Å². The molecule has 2 nitrogen and oxygen atoms in total. The highest BCUT2D eigenvalue weighted by atomic mass is 16.1. The van der Waals surface area contributed by atoms with Crippen LogP contribution in [0.4, 0.5) is 0 Å². The van der Waals surface area contributed by atoms with E-state index in [4.69, 9.17) is 0 Å². The number of hydrogen-bond acceptors (Lipinski definition) is 2. The van der Waals surface area contributed by atoms with Gasteiger partial charge in [-0.05, 0) is 44.6 Å². The Morgan fingerprint density at radius 1 is 1.27 bits per heavy atom. The fourth-order valence-corrected chi connectivity index (χ4v) is 2.62. The fourth-order valence-electron chi connectivity index (χ4n) is 2.62. The number of hydrogen-bond donors (Lipinski definition) is 0. The standard InChI is InChI=1S/C20H30O2/c1-15(2)19(22)9-12-20(5)10-6-7-16(3)13-18(21)14-17(4)8-11-20/h6,8,10,13,15H,7,9,11-12,14H2,1-5H3/b10-6+,16-13+,17-8+/t20-/m0/s1. The second-order valence-corrected chi connectivity index (χ2v) is 7.27. The molecule has 22 heavy (non-hydrogen) atoms. The van der Waals surface area contributed by atoms with Crippen molar-refractivity contribution >= 4 is 11.6 Å². The van der Waals surface area contributed by atoms with E-state index in [1.807, 2.05) is 27.7 Å². The molecule has 1 aliphatic carbocycles. The molecule has 0 bridgehead atoms. The van der Waals surface area contributed by atoms with Gasteiger partial charge in [0.25, 0.3) is 0 Å². The average Bonchev–Trinajstić information content (AvgIpc) is 2.43. The lowest BCUT2D eigenvalue weighted by Crippen LogP contribution is -2.17. The van der Waals surface area contributed by atoms with Gasteiger partial charge >= 0.3 is 0 Å². The first kappa shape index (κ1) is 18.6. The summed E-state index contributed by atoms with van der Waals surface area (Å²) in [5, 5.41) is 0. The Morgan fingerprint density at radius 3 is 2.59 bits per heavy atom. The molecule has 0 aromatic rings. The molecular formula is C20H30O2. The summed E-state index contributed by atoms with van der Waals surface area (Å²) >= 11 is 0. The maximum Gasteiger partial charge on any atom is 0.159 e. The lowest BCUT2D eigenvalue weighted by molar-refractivity contribution is -0.122. The van der Waals surface area contributed by atoms with Gasteiger partial charge in [0.2, 0.25) is 0 Å². The van der Waals surface area contributed by atoms with Gasteiger partial charge in [0.1, 0.15) is 5.78 Å². The van der Waals surface area contributed by atoms with E-state index in [-0.39, 0.29) is 17.1 Å². The van der Waals surface area contributed by atoms with Gasteiger partial charge in [-0.1, -0.05) is 50.1 Å². The third-order valence-corrected chi connectivity index (χ3v) is 4.32. The number of carbonyl (C=O) groups is 2. The van der Waals surface area contributed by atoms with Gasteiger partial charge in [-0.15, -0.1) is 0 Å². The van der Waals surface area contributed by atoms with Crippen molar-refractivity contribution in [2.24, 2.45) is 11.3 Å². The molecule has 0 unspecified atom stereocenters. The highest BCUT2D eigenvalue weighted by molar-refractivity contribution is 5.91. The molecule has 0 heterocycles.